The first-order valence-electron chi connectivity index (χ1n) is 6.85. The molecule has 1 spiro atoms. The smallest absolute Gasteiger partial charge is 0.325 e. The van der Waals surface area contributed by atoms with Gasteiger partial charge in [-0.1, -0.05) is 30.3 Å². The first-order valence-corrected chi connectivity index (χ1v) is 6.85. The molecule has 2 aliphatic rings. The molecule has 21 heavy (non-hydrogen) atoms. The minimum Gasteiger partial charge on any atom is -0.468 e. The first-order chi connectivity index (χ1) is 9.97. The van der Waals surface area contributed by atoms with E-state index in [-0.39, 0.29) is 19.6 Å². The first kappa shape index (κ1) is 14.4. The third-order valence-corrected chi connectivity index (χ3v) is 4.17. The van der Waals surface area contributed by atoms with Crippen LogP contribution >= 0.6 is 0 Å². The Morgan fingerprint density at radius 1 is 1.43 bits per heavy atom. The molecule has 0 aromatic heterocycles. The molecule has 3 rings (SSSR count). The van der Waals surface area contributed by atoms with Gasteiger partial charge in [0.25, 0.3) is 5.92 Å². The molecule has 0 N–H and O–H groups in total. The van der Waals surface area contributed by atoms with Gasteiger partial charge in [0.05, 0.1) is 20.1 Å². The van der Waals surface area contributed by atoms with Crippen LogP contribution in [0.5, 0.6) is 0 Å². The van der Waals surface area contributed by atoms with Gasteiger partial charge in [-0.05, 0) is 5.56 Å². The van der Waals surface area contributed by atoms with Gasteiger partial charge in [0.15, 0.2) is 0 Å². The summed E-state index contributed by atoms with van der Waals surface area (Å²) >= 11 is 0. The Morgan fingerprint density at radius 3 is 2.67 bits per heavy atom. The third kappa shape index (κ3) is 2.53. The standard InChI is InChI=1S/C15H17F2NO3/c1-20-13(19)12-8-21-14(9-15(14,16)17)10-18(12)7-11-5-3-2-4-6-11/h2-6,12H,7-10H2,1H3. The van der Waals surface area contributed by atoms with Gasteiger partial charge in [-0.2, -0.15) is 0 Å². The van der Waals surface area contributed by atoms with E-state index in [1.54, 1.807) is 4.90 Å². The van der Waals surface area contributed by atoms with E-state index >= 15 is 0 Å². The molecule has 0 radical (unpaired) electrons. The molecule has 1 aromatic rings. The molecule has 1 aliphatic carbocycles. The van der Waals surface area contributed by atoms with Crippen molar-refractivity contribution < 1.29 is 23.0 Å². The lowest BCUT2D eigenvalue weighted by Gasteiger charge is -2.38. The van der Waals surface area contributed by atoms with Crippen molar-refractivity contribution in [2.45, 2.75) is 30.5 Å². The van der Waals surface area contributed by atoms with Crippen LogP contribution < -0.4 is 0 Å². The Hall–Kier alpha value is -1.53. The third-order valence-electron chi connectivity index (χ3n) is 4.17. The molecule has 2 atom stereocenters. The molecular formula is C15H17F2NO3. The number of ether oxygens (including phenoxy) is 2. The van der Waals surface area contributed by atoms with Crippen LogP contribution in [0.3, 0.4) is 0 Å². The summed E-state index contributed by atoms with van der Waals surface area (Å²) < 4.78 is 37.1. The second-order valence-corrected chi connectivity index (χ2v) is 5.62. The largest absolute Gasteiger partial charge is 0.468 e. The van der Waals surface area contributed by atoms with Gasteiger partial charge in [-0.15, -0.1) is 0 Å². The fraction of sp³-hybridized carbons (Fsp3) is 0.533. The van der Waals surface area contributed by atoms with Crippen molar-refractivity contribution >= 4 is 5.97 Å². The number of methoxy groups -OCH3 is 1. The van der Waals surface area contributed by atoms with Gasteiger partial charge in [-0.25, -0.2) is 8.78 Å². The highest BCUT2D eigenvalue weighted by molar-refractivity contribution is 5.76. The van der Waals surface area contributed by atoms with Crippen molar-refractivity contribution in [3.63, 3.8) is 0 Å². The van der Waals surface area contributed by atoms with Crippen molar-refractivity contribution in [2.24, 2.45) is 0 Å². The molecule has 1 saturated carbocycles. The predicted octanol–water partition coefficient (Wildman–Crippen LogP) is 1.84. The summed E-state index contributed by atoms with van der Waals surface area (Å²) in [6.07, 6.45) is -0.279. The van der Waals surface area contributed by atoms with E-state index in [0.717, 1.165) is 5.56 Å². The summed E-state index contributed by atoms with van der Waals surface area (Å²) in [5.41, 5.74) is -0.459. The second-order valence-electron chi connectivity index (χ2n) is 5.62. The van der Waals surface area contributed by atoms with Crippen molar-refractivity contribution in [1.29, 1.82) is 0 Å². The van der Waals surface area contributed by atoms with Crippen LogP contribution in [0, 0.1) is 0 Å². The number of hydrogen-bond donors (Lipinski definition) is 0. The van der Waals surface area contributed by atoms with Crippen molar-refractivity contribution in [1.82, 2.24) is 4.90 Å². The van der Waals surface area contributed by atoms with Crippen LogP contribution in [0.4, 0.5) is 8.78 Å². The van der Waals surface area contributed by atoms with Gasteiger partial charge in [0.1, 0.15) is 11.6 Å². The summed E-state index contributed by atoms with van der Waals surface area (Å²) in [6, 6.07) is 8.81. The van der Waals surface area contributed by atoms with Gasteiger partial charge in [0, 0.05) is 13.1 Å². The van der Waals surface area contributed by atoms with E-state index < -0.39 is 23.5 Å². The van der Waals surface area contributed by atoms with Crippen molar-refractivity contribution in [3.8, 4) is 0 Å². The van der Waals surface area contributed by atoms with Crippen molar-refractivity contribution in [3.05, 3.63) is 35.9 Å². The fourth-order valence-electron chi connectivity index (χ4n) is 2.81. The maximum absolute atomic E-state index is 13.5. The zero-order valence-corrected chi connectivity index (χ0v) is 11.7. The predicted molar refractivity (Wildman–Crippen MR) is 70.9 cm³/mol. The average Bonchev–Trinajstić information content (AvgIpc) is 2.99. The second kappa shape index (κ2) is 5.03. The van der Waals surface area contributed by atoms with Gasteiger partial charge >= 0.3 is 5.97 Å². The van der Waals surface area contributed by atoms with Crippen LogP contribution in [-0.4, -0.2) is 48.7 Å². The Kier molecular flexibility index (Phi) is 3.45. The molecule has 6 heteroatoms. The highest BCUT2D eigenvalue weighted by Crippen LogP contribution is 2.57. The van der Waals surface area contributed by atoms with Crippen LogP contribution in [0.2, 0.25) is 0 Å². The maximum atomic E-state index is 13.5. The normalized spacial score (nSPS) is 31.1. The SMILES string of the molecule is COC(=O)C1COC2(CN1Cc1ccccc1)CC2(F)F. The molecular weight excluding hydrogens is 280 g/mol. The summed E-state index contributed by atoms with van der Waals surface area (Å²) in [7, 11) is 1.29. The minimum absolute atomic E-state index is 0.0364. The molecule has 2 unspecified atom stereocenters. The number of halogens is 2. The molecule has 114 valence electrons. The number of carbonyl (C=O) groups excluding carboxylic acids is 1. The Bertz CT molecular complexity index is 537. The van der Waals surface area contributed by atoms with Gasteiger partial charge in [-0.3, -0.25) is 9.69 Å². The van der Waals surface area contributed by atoms with E-state index in [1.807, 2.05) is 30.3 Å². The highest BCUT2D eigenvalue weighted by Gasteiger charge is 2.74. The summed E-state index contributed by atoms with van der Waals surface area (Å²) in [6.45, 7) is 0.394. The lowest BCUT2D eigenvalue weighted by molar-refractivity contribution is -0.168. The van der Waals surface area contributed by atoms with Gasteiger partial charge < -0.3 is 9.47 Å². The number of rotatable bonds is 3. The van der Waals surface area contributed by atoms with Crippen LogP contribution in [-0.2, 0) is 20.8 Å². The maximum Gasteiger partial charge on any atom is 0.325 e. The molecule has 2 fully saturated rings. The van der Waals surface area contributed by atoms with Crippen molar-refractivity contribution in [2.75, 3.05) is 20.3 Å². The number of nitrogens with zero attached hydrogens (tertiary/aromatic N) is 1. The molecule has 0 bridgehead atoms. The van der Waals surface area contributed by atoms with E-state index in [9.17, 15) is 13.6 Å². The topological polar surface area (TPSA) is 38.8 Å². The minimum atomic E-state index is -2.80. The van der Waals surface area contributed by atoms with E-state index in [0.29, 0.717) is 6.54 Å². The summed E-state index contributed by atoms with van der Waals surface area (Å²) in [5.74, 6) is -3.26. The quantitative estimate of drug-likeness (QED) is 0.798. The number of morpholine rings is 1. The summed E-state index contributed by atoms with van der Waals surface area (Å²) in [4.78, 5) is 13.6. The molecule has 1 aliphatic heterocycles. The molecule has 1 saturated heterocycles. The Morgan fingerprint density at radius 2 is 2.10 bits per heavy atom. The van der Waals surface area contributed by atoms with Crippen LogP contribution in [0.1, 0.15) is 12.0 Å². The number of carbonyl (C=O) groups is 1. The zero-order chi connectivity index (χ0) is 15.1. The van der Waals surface area contributed by atoms with E-state index in [1.165, 1.54) is 7.11 Å². The Balaban J connectivity index is 1.79. The molecule has 1 heterocycles. The van der Waals surface area contributed by atoms with E-state index in [2.05, 4.69) is 0 Å². The number of alkyl halides is 2. The number of esters is 1. The number of benzene rings is 1. The zero-order valence-electron chi connectivity index (χ0n) is 11.7. The van der Waals surface area contributed by atoms with Crippen LogP contribution in [0.15, 0.2) is 30.3 Å². The lowest BCUT2D eigenvalue weighted by atomic mass is 10.1. The summed E-state index contributed by atoms with van der Waals surface area (Å²) in [5, 5.41) is 0. The average molecular weight is 297 g/mol. The molecule has 0 amide bonds. The fourth-order valence-corrected chi connectivity index (χ4v) is 2.81. The number of hydrogen-bond acceptors (Lipinski definition) is 4. The van der Waals surface area contributed by atoms with Gasteiger partial charge in [0.2, 0.25) is 0 Å². The monoisotopic (exact) mass is 297 g/mol. The highest BCUT2D eigenvalue weighted by atomic mass is 19.3. The lowest BCUT2D eigenvalue weighted by Crippen LogP contribution is -2.55. The van der Waals surface area contributed by atoms with Crippen LogP contribution in [0.25, 0.3) is 0 Å². The molecule has 4 nitrogen and oxygen atoms in total. The molecule has 1 aromatic carbocycles. The Labute approximate surface area is 121 Å². The van der Waals surface area contributed by atoms with E-state index in [4.69, 9.17) is 9.47 Å².